The molecule has 5 aromatic rings. The smallest absolute Gasteiger partial charge is 0.224 e. The first kappa shape index (κ1) is 20.9. The number of hydrogen-bond acceptors (Lipinski definition) is 5. The van der Waals surface area contributed by atoms with Crippen LogP contribution in [0.4, 0.5) is 11.8 Å². The number of nitrogens with zero attached hydrogens (tertiary/aromatic N) is 2. The molecule has 0 radical (unpaired) electrons. The number of nitrogens with one attached hydrogen (secondary N) is 3. The Labute approximate surface area is 192 Å². The van der Waals surface area contributed by atoms with E-state index in [2.05, 4.69) is 68.6 Å². The van der Waals surface area contributed by atoms with Crippen molar-refractivity contribution < 1.29 is 4.74 Å². The van der Waals surface area contributed by atoms with Gasteiger partial charge in [0, 0.05) is 52.5 Å². The first-order valence-corrected chi connectivity index (χ1v) is 11.1. The molecule has 3 heterocycles. The van der Waals surface area contributed by atoms with E-state index in [9.17, 15) is 0 Å². The van der Waals surface area contributed by atoms with Crippen molar-refractivity contribution in [3.63, 3.8) is 0 Å². The van der Waals surface area contributed by atoms with E-state index in [-0.39, 0.29) is 0 Å². The zero-order valence-electron chi connectivity index (χ0n) is 19.1. The summed E-state index contributed by atoms with van der Waals surface area (Å²) in [6.07, 6.45) is 3.49. The van der Waals surface area contributed by atoms with Crippen molar-refractivity contribution in [2.75, 3.05) is 24.7 Å². The van der Waals surface area contributed by atoms with Crippen LogP contribution in [0.1, 0.15) is 28.1 Å². The van der Waals surface area contributed by atoms with Gasteiger partial charge in [0.1, 0.15) is 11.6 Å². The van der Waals surface area contributed by atoms with Gasteiger partial charge in [-0.25, -0.2) is 4.98 Å². The summed E-state index contributed by atoms with van der Waals surface area (Å²) in [6.45, 7) is 4.79. The molecule has 0 atom stereocenters. The third-order valence-corrected chi connectivity index (χ3v) is 6.23. The van der Waals surface area contributed by atoms with Gasteiger partial charge in [-0.3, -0.25) is 0 Å². The van der Waals surface area contributed by atoms with Crippen molar-refractivity contribution in [1.82, 2.24) is 19.9 Å². The Morgan fingerprint density at radius 2 is 1.85 bits per heavy atom. The number of anilines is 2. The maximum absolute atomic E-state index is 6.34. The van der Waals surface area contributed by atoms with Crippen LogP contribution in [0.25, 0.3) is 21.8 Å². The molecular formula is C26H28N6O. The molecule has 168 valence electrons. The molecule has 0 saturated heterocycles. The monoisotopic (exact) mass is 440 g/mol. The second kappa shape index (κ2) is 8.50. The van der Waals surface area contributed by atoms with Crippen LogP contribution < -0.4 is 15.8 Å². The summed E-state index contributed by atoms with van der Waals surface area (Å²) in [5.74, 6) is 1.94. The third-order valence-electron chi connectivity index (χ3n) is 6.23. The van der Waals surface area contributed by atoms with Crippen LogP contribution in [0.5, 0.6) is 5.75 Å². The van der Waals surface area contributed by atoms with Crippen LogP contribution in [0, 0.1) is 13.8 Å². The lowest BCUT2D eigenvalue weighted by Crippen LogP contribution is -2.12. The van der Waals surface area contributed by atoms with E-state index < -0.39 is 0 Å². The maximum atomic E-state index is 6.34. The Kier molecular flexibility index (Phi) is 5.38. The van der Waals surface area contributed by atoms with Crippen LogP contribution in [-0.2, 0) is 12.8 Å². The molecule has 0 aliphatic heterocycles. The van der Waals surface area contributed by atoms with Gasteiger partial charge in [-0.1, -0.05) is 6.07 Å². The Morgan fingerprint density at radius 3 is 2.67 bits per heavy atom. The quantitative estimate of drug-likeness (QED) is 0.288. The van der Waals surface area contributed by atoms with E-state index in [1.807, 2.05) is 19.2 Å². The minimum Gasteiger partial charge on any atom is -0.497 e. The number of nitrogen functional groups attached to an aromatic ring is 1. The van der Waals surface area contributed by atoms with Gasteiger partial charge in [-0.2, -0.15) is 4.98 Å². The van der Waals surface area contributed by atoms with E-state index in [4.69, 9.17) is 10.5 Å². The van der Waals surface area contributed by atoms with E-state index in [0.29, 0.717) is 24.7 Å². The number of aryl methyl sites for hydroxylation is 2. The van der Waals surface area contributed by atoms with Gasteiger partial charge in [0.05, 0.1) is 7.11 Å². The zero-order chi connectivity index (χ0) is 22.9. The van der Waals surface area contributed by atoms with Crippen molar-refractivity contribution in [2.24, 2.45) is 0 Å². The number of H-pyrrole nitrogens is 2. The van der Waals surface area contributed by atoms with Crippen LogP contribution in [0.3, 0.4) is 0 Å². The summed E-state index contributed by atoms with van der Waals surface area (Å²) in [7, 11) is 1.69. The van der Waals surface area contributed by atoms with Crippen molar-refractivity contribution in [1.29, 1.82) is 0 Å². The molecule has 7 heteroatoms. The molecular weight excluding hydrogens is 412 g/mol. The number of methoxy groups -OCH3 is 1. The van der Waals surface area contributed by atoms with Gasteiger partial charge in [0.25, 0.3) is 0 Å². The summed E-state index contributed by atoms with van der Waals surface area (Å²) in [5.41, 5.74) is 14.1. The van der Waals surface area contributed by atoms with Crippen molar-refractivity contribution in [3.8, 4) is 5.75 Å². The van der Waals surface area contributed by atoms with Crippen LogP contribution in [0.2, 0.25) is 0 Å². The number of benzene rings is 2. The molecule has 0 spiro atoms. The first-order valence-electron chi connectivity index (χ1n) is 11.1. The molecule has 33 heavy (non-hydrogen) atoms. The molecule has 0 bridgehead atoms. The molecule has 5 rings (SSSR count). The SMILES string of the molecule is COc1ccc2[nH]c(C)c(CCNc3nc(C)c(Cc4ccc5[nH]ccc5c4)c(N)n3)c2c1. The van der Waals surface area contributed by atoms with Crippen molar-refractivity contribution in [2.45, 2.75) is 26.7 Å². The molecule has 0 aliphatic carbocycles. The maximum Gasteiger partial charge on any atom is 0.224 e. The molecule has 7 nitrogen and oxygen atoms in total. The van der Waals surface area contributed by atoms with Gasteiger partial charge in [0.15, 0.2) is 0 Å². The number of aromatic nitrogens is 4. The van der Waals surface area contributed by atoms with Crippen LogP contribution >= 0.6 is 0 Å². The number of nitrogens with two attached hydrogens (primary N) is 1. The highest BCUT2D eigenvalue weighted by Gasteiger charge is 2.12. The number of aromatic amines is 2. The molecule has 0 unspecified atom stereocenters. The van der Waals surface area contributed by atoms with Crippen molar-refractivity contribution >= 4 is 33.6 Å². The van der Waals surface area contributed by atoms with E-state index in [0.717, 1.165) is 40.2 Å². The second-order valence-corrected chi connectivity index (χ2v) is 8.39. The molecule has 3 aromatic heterocycles. The summed E-state index contributed by atoms with van der Waals surface area (Å²) in [4.78, 5) is 15.9. The van der Waals surface area contributed by atoms with Crippen molar-refractivity contribution in [3.05, 3.63) is 76.7 Å². The topological polar surface area (TPSA) is 105 Å². The molecule has 5 N–H and O–H groups in total. The first-order chi connectivity index (χ1) is 16.0. The Morgan fingerprint density at radius 1 is 1.00 bits per heavy atom. The fourth-order valence-corrected chi connectivity index (χ4v) is 4.44. The molecule has 2 aromatic carbocycles. The molecule has 0 amide bonds. The second-order valence-electron chi connectivity index (χ2n) is 8.39. The number of ether oxygens (including phenoxy) is 1. The summed E-state index contributed by atoms with van der Waals surface area (Å²) in [6, 6.07) is 14.6. The summed E-state index contributed by atoms with van der Waals surface area (Å²) >= 11 is 0. The lowest BCUT2D eigenvalue weighted by Gasteiger charge is -2.12. The molecule has 0 aliphatic rings. The summed E-state index contributed by atoms with van der Waals surface area (Å²) < 4.78 is 5.39. The third kappa shape index (κ3) is 4.09. The fraction of sp³-hybridized carbons (Fsp3) is 0.231. The largest absolute Gasteiger partial charge is 0.497 e. The lowest BCUT2D eigenvalue weighted by molar-refractivity contribution is 0.415. The zero-order valence-corrected chi connectivity index (χ0v) is 19.1. The molecule has 0 fully saturated rings. The lowest BCUT2D eigenvalue weighted by atomic mass is 10.0. The number of hydrogen-bond donors (Lipinski definition) is 4. The Hall–Kier alpha value is -4.00. The highest BCUT2D eigenvalue weighted by atomic mass is 16.5. The van der Waals surface area contributed by atoms with Crippen LogP contribution in [-0.4, -0.2) is 33.6 Å². The van der Waals surface area contributed by atoms with Gasteiger partial charge < -0.3 is 25.8 Å². The standard InChI is InChI=1S/C26H28N6O/c1-15-20(22-14-19(33-3)5-7-24(22)30-15)9-11-29-26-31-16(2)21(25(27)32-26)13-17-4-6-23-18(12-17)8-10-28-23/h4-8,10,12,14,28,30H,9,11,13H2,1-3H3,(H3,27,29,31,32). The predicted octanol–water partition coefficient (Wildman–Crippen LogP) is 4.89. The average Bonchev–Trinajstić information content (AvgIpc) is 3.39. The highest BCUT2D eigenvalue weighted by Crippen LogP contribution is 2.27. The Bertz CT molecular complexity index is 1430. The number of rotatable bonds is 7. The van der Waals surface area contributed by atoms with Gasteiger partial charge >= 0.3 is 0 Å². The normalized spacial score (nSPS) is 11.4. The van der Waals surface area contributed by atoms with Gasteiger partial charge in [0.2, 0.25) is 5.95 Å². The van der Waals surface area contributed by atoms with E-state index in [1.54, 1.807) is 7.11 Å². The average molecular weight is 441 g/mol. The Balaban J connectivity index is 1.30. The predicted molar refractivity (Wildman–Crippen MR) is 134 cm³/mol. The fourth-order valence-electron chi connectivity index (χ4n) is 4.44. The number of fused-ring (bicyclic) bond motifs is 2. The molecule has 0 saturated carbocycles. The van der Waals surface area contributed by atoms with Gasteiger partial charge in [-0.05, 0) is 73.2 Å². The van der Waals surface area contributed by atoms with E-state index in [1.165, 1.54) is 21.9 Å². The minimum absolute atomic E-state index is 0.521. The van der Waals surface area contributed by atoms with E-state index >= 15 is 0 Å². The van der Waals surface area contributed by atoms with Crippen LogP contribution in [0.15, 0.2) is 48.7 Å². The summed E-state index contributed by atoms with van der Waals surface area (Å²) in [5, 5.41) is 5.71. The highest BCUT2D eigenvalue weighted by molar-refractivity contribution is 5.86. The minimum atomic E-state index is 0.521. The van der Waals surface area contributed by atoms with Gasteiger partial charge in [-0.15, -0.1) is 0 Å².